The lowest BCUT2D eigenvalue weighted by molar-refractivity contribution is 0.0636. The van der Waals surface area contributed by atoms with Crippen molar-refractivity contribution < 1.29 is 9.53 Å². The van der Waals surface area contributed by atoms with Gasteiger partial charge in [0.1, 0.15) is 17.8 Å². The summed E-state index contributed by atoms with van der Waals surface area (Å²) in [5, 5.41) is 17.4. The lowest BCUT2D eigenvalue weighted by Gasteiger charge is -2.19. The summed E-state index contributed by atoms with van der Waals surface area (Å²) in [7, 11) is 1.75. The third-order valence-electron chi connectivity index (χ3n) is 4.19. The maximum Gasteiger partial charge on any atom is 0.412 e. The van der Waals surface area contributed by atoms with Crippen molar-refractivity contribution in [2.75, 3.05) is 25.5 Å². The summed E-state index contributed by atoms with van der Waals surface area (Å²) in [5.41, 5.74) is 1.35. The molecule has 0 saturated heterocycles. The molecule has 0 aliphatic heterocycles. The molecule has 1 aromatic carbocycles. The van der Waals surface area contributed by atoms with E-state index in [1.54, 1.807) is 13.4 Å². The smallest absolute Gasteiger partial charge is 0.412 e. The molecule has 2 aromatic rings. The molecule has 1 heterocycles. The van der Waals surface area contributed by atoms with E-state index in [1.165, 1.54) is 0 Å². The van der Waals surface area contributed by atoms with Crippen LogP contribution in [0.2, 0.25) is 0 Å². The Morgan fingerprint density at radius 3 is 2.50 bits per heavy atom. The number of benzene rings is 1. The molecule has 1 aromatic heterocycles. The van der Waals surface area contributed by atoms with Gasteiger partial charge in [0.2, 0.25) is 0 Å². The summed E-state index contributed by atoms with van der Waals surface area (Å²) < 4.78 is 7.29. The van der Waals surface area contributed by atoms with Crippen LogP contribution < -0.4 is 16.0 Å². The summed E-state index contributed by atoms with van der Waals surface area (Å²) in [6.45, 7) is 9.83. The van der Waals surface area contributed by atoms with Gasteiger partial charge in [-0.15, -0.1) is 10.2 Å². The zero-order chi connectivity index (χ0) is 22.0. The molecular formula is C21H33N7O2. The number of hydrogen-bond acceptors (Lipinski definition) is 5. The lowest BCUT2D eigenvalue weighted by Crippen LogP contribution is -2.39. The average Bonchev–Trinajstić information content (AvgIpc) is 3.14. The number of carbonyl (C=O) groups excluding carboxylic acids is 1. The van der Waals surface area contributed by atoms with E-state index < -0.39 is 11.7 Å². The van der Waals surface area contributed by atoms with Crippen molar-refractivity contribution in [3.05, 3.63) is 42.0 Å². The van der Waals surface area contributed by atoms with Crippen molar-refractivity contribution in [2.24, 2.45) is 4.99 Å². The lowest BCUT2D eigenvalue weighted by atomic mass is 10.1. The number of aliphatic imine (C=N–C) groups is 1. The van der Waals surface area contributed by atoms with Crippen molar-refractivity contribution in [1.29, 1.82) is 0 Å². The Bertz CT molecular complexity index is 823. The maximum atomic E-state index is 11.8. The number of rotatable bonds is 8. The predicted molar refractivity (Wildman–Crippen MR) is 119 cm³/mol. The number of nitrogens with one attached hydrogen (secondary N) is 3. The van der Waals surface area contributed by atoms with E-state index in [9.17, 15) is 4.79 Å². The van der Waals surface area contributed by atoms with Gasteiger partial charge in [0, 0.05) is 38.8 Å². The van der Waals surface area contributed by atoms with E-state index in [0.29, 0.717) is 5.69 Å². The van der Waals surface area contributed by atoms with Crippen LogP contribution in [0.1, 0.15) is 39.1 Å². The summed E-state index contributed by atoms with van der Waals surface area (Å²) in [5.74, 6) is 1.73. The fraction of sp³-hybridized carbons (Fsp3) is 0.524. The van der Waals surface area contributed by atoms with Crippen molar-refractivity contribution in [3.8, 4) is 0 Å². The molecule has 30 heavy (non-hydrogen) atoms. The normalized spacial score (nSPS) is 11.8. The minimum atomic E-state index is -0.518. The van der Waals surface area contributed by atoms with Crippen LogP contribution in [0, 0.1) is 0 Å². The van der Waals surface area contributed by atoms with Gasteiger partial charge < -0.3 is 19.9 Å². The first-order valence-electron chi connectivity index (χ1n) is 10.2. The second-order valence-electron chi connectivity index (χ2n) is 7.79. The third kappa shape index (κ3) is 8.10. The SMILES string of the molecule is CCc1nncn1CCNC(=NC)NCCc1ccc(NC(=O)OC(C)(C)C)cc1. The Kier molecular flexibility index (Phi) is 8.64. The fourth-order valence-corrected chi connectivity index (χ4v) is 2.76. The first kappa shape index (κ1) is 23.2. The molecule has 2 rings (SSSR count). The number of carbonyl (C=O) groups is 1. The monoisotopic (exact) mass is 415 g/mol. The van der Waals surface area contributed by atoms with Crippen LogP contribution in [0.5, 0.6) is 0 Å². The minimum absolute atomic E-state index is 0.454. The highest BCUT2D eigenvalue weighted by atomic mass is 16.6. The van der Waals surface area contributed by atoms with Crippen molar-refractivity contribution in [2.45, 2.75) is 52.7 Å². The molecule has 0 fully saturated rings. The van der Waals surface area contributed by atoms with Gasteiger partial charge >= 0.3 is 6.09 Å². The standard InChI is InChI=1S/C21H33N7O2/c1-6-18-27-25-15-28(18)14-13-24-19(22-5)23-12-11-16-7-9-17(10-8-16)26-20(29)30-21(2,3)4/h7-10,15H,6,11-14H2,1-5H3,(H,26,29)(H2,22,23,24). The van der Waals surface area contributed by atoms with Crippen molar-refractivity contribution >= 4 is 17.7 Å². The molecule has 0 spiro atoms. The van der Waals surface area contributed by atoms with E-state index in [2.05, 4.69) is 38.1 Å². The number of aryl methyl sites for hydroxylation is 1. The van der Waals surface area contributed by atoms with Gasteiger partial charge in [-0.2, -0.15) is 0 Å². The van der Waals surface area contributed by atoms with Crippen LogP contribution in [0.15, 0.2) is 35.6 Å². The van der Waals surface area contributed by atoms with Crippen molar-refractivity contribution in [3.63, 3.8) is 0 Å². The quantitative estimate of drug-likeness (QED) is 0.452. The molecule has 0 radical (unpaired) electrons. The molecule has 0 aliphatic rings. The number of guanidine groups is 1. The van der Waals surface area contributed by atoms with Crippen LogP contribution >= 0.6 is 0 Å². The van der Waals surface area contributed by atoms with Gasteiger partial charge in [-0.1, -0.05) is 19.1 Å². The first-order chi connectivity index (χ1) is 14.3. The first-order valence-corrected chi connectivity index (χ1v) is 10.2. The molecule has 9 heteroatoms. The van der Waals surface area contributed by atoms with Gasteiger partial charge in [0.25, 0.3) is 0 Å². The highest BCUT2D eigenvalue weighted by Crippen LogP contribution is 2.13. The Morgan fingerprint density at radius 1 is 1.17 bits per heavy atom. The van der Waals surface area contributed by atoms with Gasteiger partial charge in [-0.3, -0.25) is 10.3 Å². The zero-order valence-corrected chi connectivity index (χ0v) is 18.5. The summed E-state index contributed by atoms with van der Waals surface area (Å²) >= 11 is 0. The van der Waals surface area contributed by atoms with E-state index in [4.69, 9.17) is 4.74 Å². The molecule has 164 valence electrons. The van der Waals surface area contributed by atoms with Gasteiger partial charge in [0.05, 0.1) is 0 Å². The van der Waals surface area contributed by atoms with E-state index >= 15 is 0 Å². The fourth-order valence-electron chi connectivity index (χ4n) is 2.76. The maximum absolute atomic E-state index is 11.8. The molecule has 0 aliphatic carbocycles. The number of amides is 1. The molecule has 3 N–H and O–H groups in total. The van der Waals surface area contributed by atoms with Gasteiger partial charge in [0.15, 0.2) is 5.96 Å². The van der Waals surface area contributed by atoms with Crippen LogP contribution in [-0.4, -0.2) is 52.6 Å². The Balaban J connectivity index is 1.71. The topological polar surface area (TPSA) is 105 Å². The third-order valence-corrected chi connectivity index (χ3v) is 4.19. The molecular weight excluding hydrogens is 382 g/mol. The molecule has 9 nitrogen and oxygen atoms in total. The number of anilines is 1. The van der Waals surface area contributed by atoms with Crippen LogP contribution in [0.3, 0.4) is 0 Å². The predicted octanol–water partition coefficient (Wildman–Crippen LogP) is 2.60. The number of nitrogens with zero attached hydrogens (tertiary/aromatic N) is 4. The minimum Gasteiger partial charge on any atom is -0.444 e. The number of hydrogen-bond donors (Lipinski definition) is 3. The second-order valence-corrected chi connectivity index (χ2v) is 7.79. The molecule has 1 amide bonds. The van der Waals surface area contributed by atoms with E-state index in [-0.39, 0.29) is 0 Å². The largest absolute Gasteiger partial charge is 0.444 e. The average molecular weight is 416 g/mol. The molecule has 0 atom stereocenters. The summed E-state index contributed by atoms with van der Waals surface area (Å²) in [6.07, 6.45) is 2.99. The van der Waals surface area contributed by atoms with E-state index in [1.807, 2.05) is 49.6 Å². The molecule has 0 bridgehead atoms. The molecule has 0 saturated carbocycles. The Morgan fingerprint density at radius 2 is 1.87 bits per heavy atom. The second kappa shape index (κ2) is 11.2. The Labute approximate surface area is 178 Å². The zero-order valence-electron chi connectivity index (χ0n) is 18.5. The summed E-state index contributed by atoms with van der Waals surface area (Å²) in [6, 6.07) is 7.72. The highest BCUT2D eigenvalue weighted by molar-refractivity contribution is 5.84. The number of ether oxygens (including phenoxy) is 1. The van der Waals surface area contributed by atoms with Crippen LogP contribution in [-0.2, 0) is 24.1 Å². The van der Waals surface area contributed by atoms with E-state index in [0.717, 1.165) is 49.8 Å². The Hall–Kier alpha value is -3.10. The van der Waals surface area contributed by atoms with Crippen LogP contribution in [0.25, 0.3) is 0 Å². The number of aromatic nitrogens is 3. The highest BCUT2D eigenvalue weighted by Gasteiger charge is 2.16. The van der Waals surface area contributed by atoms with Crippen LogP contribution in [0.4, 0.5) is 10.5 Å². The van der Waals surface area contributed by atoms with Gasteiger partial charge in [-0.25, -0.2) is 4.79 Å². The molecule has 0 unspecified atom stereocenters. The summed E-state index contributed by atoms with van der Waals surface area (Å²) in [4.78, 5) is 16.1. The van der Waals surface area contributed by atoms with Crippen molar-refractivity contribution in [1.82, 2.24) is 25.4 Å². The van der Waals surface area contributed by atoms with Gasteiger partial charge in [-0.05, 0) is 44.9 Å².